The molecule has 0 saturated heterocycles. The smallest absolute Gasteiger partial charge is 0.412 e. The van der Waals surface area contributed by atoms with Crippen molar-refractivity contribution in [2.24, 2.45) is 7.05 Å². The zero-order valence-electron chi connectivity index (χ0n) is 13.4. The van der Waals surface area contributed by atoms with E-state index in [0.717, 1.165) is 5.69 Å². The number of amides is 1. The highest BCUT2D eigenvalue weighted by molar-refractivity contribution is 5.84. The normalized spacial score (nSPS) is 11.7. The molecular formula is C15H18N6O2. The summed E-state index contributed by atoms with van der Waals surface area (Å²) in [5.74, 6) is 0.569. The van der Waals surface area contributed by atoms with Gasteiger partial charge in [0.15, 0.2) is 11.5 Å². The van der Waals surface area contributed by atoms with Crippen molar-refractivity contribution in [3.05, 3.63) is 30.6 Å². The molecule has 3 aromatic heterocycles. The van der Waals surface area contributed by atoms with Crippen LogP contribution in [0.5, 0.6) is 0 Å². The molecule has 0 unspecified atom stereocenters. The Kier molecular flexibility index (Phi) is 3.51. The molecule has 0 aliphatic heterocycles. The van der Waals surface area contributed by atoms with E-state index < -0.39 is 11.7 Å². The molecule has 1 amide bonds. The Morgan fingerprint density at radius 3 is 2.70 bits per heavy atom. The van der Waals surface area contributed by atoms with Crippen LogP contribution in [0.25, 0.3) is 17.2 Å². The monoisotopic (exact) mass is 314 g/mol. The van der Waals surface area contributed by atoms with Gasteiger partial charge in [0.2, 0.25) is 0 Å². The minimum absolute atomic E-state index is 0.510. The van der Waals surface area contributed by atoms with Crippen LogP contribution in [0.2, 0.25) is 0 Å². The largest absolute Gasteiger partial charge is 0.444 e. The van der Waals surface area contributed by atoms with E-state index >= 15 is 0 Å². The predicted molar refractivity (Wildman–Crippen MR) is 85.0 cm³/mol. The molecule has 8 heteroatoms. The maximum Gasteiger partial charge on any atom is 0.412 e. The molecule has 1 N–H and O–H groups in total. The van der Waals surface area contributed by atoms with Crippen LogP contribution >= 0.6 is 0 Å². The van der Waals surface area contributed by atoms with Gasteiger partial charge < -0.3 is 4.74 Å². The highest BCUT2D eigenvalue weighted by Crippen LogP contribution is 2.17. The van der Waals surface area contributed by atoms with Gasteiger partial charge in [-0.15, -0.1) is 5.10 Å². The van der Waals surface area contributed by atoms with Gasteiger partial charge in [-0.2, -0.15) is 5.10 Å². The Bertz CT molecular complexity index is 858. The van der Waals surface area contributed by atoms with Crippen LogP contribution in [-0.2, 0) is 11.8 Å². The Morgan fingerprint density at radius 2 is 2.04 bits per heavy atom. The zero-order chi connectivity index (χ0) is 16.6. The third-order valence-corrected chi connectivity index (χ3v) is 3.03. The van der Waals surface area contributed by atoms with Crippen LogP contribution in [0.15, 0.2) is 30.6 Å². The SMILES string of the molecule is Cn1nccc1-c1nc2ccc(NC(=O)OC(C)(C)C)cn2n1. The topological polar surface area (TPSA) is 86.3 Å². The van der Waals surface area contributed by atoms with Gasteiger partial charge in [-0.25, -0.2) is 14.3 Å². The molecule has 0 aliphatic carbocycles. The number of carbonyl (C=O) groups is 1. The van der Waals surface area contributed by atoms with Crippen molar-refractivity contribution in [2.75, 3.05) is 5.32 Å². The van der Waals surface area contributed by atoms with Crippen molar-refractivity contribution >= 4 is 17.4 Å². The fourth-order valence-electron chi connectivity index (χ4n) is 2.08. The summed E-state index contributed by atoms with van der Waals surface area (Å²) in [7, 11) is 1.83. The molecule has 8 nitrogen and oxygen atoms in total. The summed E-state index contributed by atoms with van der Waals surface area (Å²) in [6.45, 7) is 5.44. The predicted octanol–water partition coefficient (Wildman–Crippen LogP) is 2.48. The van der Waals surface area contributed by atoms with Gasteiger partial charge in [-0.1, -0.05) is 0 Å². The maximum absolute atomic E-state index is 11.8. The number of aryl methyl sites for hydroxylation is 1. The summed E-state index contributed by atoms with van der Waals surface area (Å²) in [6.07, 6.45) is 2.87. The van der Waals surface area contributed by atoms with Crippen molar-refractivity contribution in [1.29, 1.82) is 0 Å². The van der Waals surface area contributed by atoms with Crippen molar-refractivity contribution in [3.63, 3.8) is 0 Å². The Morgan fingerprint density at radius 1 is 1.26 bits per heavy atom. The molecule has 0 aliphatic rings. The number of carbonyl (C=O) groups excluding carboxylic acids is 1. The van der Waals surface area contributed by atoms with Gasteiger partial charge in [0.25, 0.3) is 0 Å². The lowest BCUT2D eigenvalue weighted by atomic mass is 10.2. The number of nitrogens with one attached hydrogen (secondary N) is 1. The second kappa shape index (κ2) is 5.38. The van der Waals surface area contributed by atoms with E-state index in [0.29, 0.717) is 17.2 Å². The summed E-state index contributed by atoms with van der Waals surface area (Å²) >= 11 is 0. The molecule has 3 aromatic rings. The molecule has 23 heavy (non-hydrogen) atoms. The highest BCUT2D eigenvalue weighted by Gasteiger charge is 2.16. The van der Waals surface area contributed by atoms with Gasteiger partial charge in [-0.3, -0.25) is 10.00 Å². The first-order chi connectivity index (χ1) is 10.8. The van der Waals surface area contributed by atoms with Crippen molar-refractivity contribution in [1.82, 2.24) is 24.4 Å². The van der Waals surface area contributed by atoms with E-state index in [4.69, 9.17) is 4.74 Å². The van der Waals surface area contributed by atoms with Crippen LogP contribution in [0, 0.1) is 0 Å². The van der Waals surface area contributed by atoms with E-state index in [2.05, 4.69) is 20.5 Å². The van der Waals surface area contributed by atoms with Gasteiger partial charge in [0.1, 0.15) is 11.3 Å². The molecular weight excluding hydrogens is 296 g/mol. The first-order valence-electron chi connectivity index (χ1n) is 7.17. The van der Waals surface area contributed by atoms with Crippen LogP contribution in [0.3, 0.4) is 0 Å². The van der Waals surface area contributed by atoms with Crippen LogP contribution in [0.1, 0.15) is 20.8 Å². The number of fused-ring (bicyclic) bond motifs is 1. The number of hydrogen-bond acceptors (Lipinski definition) is 5. The quantitative estimate of drug-likeness (QED) is 0.785. The second-order valence-corrected chi connectivity index (χ2v) is 6.12. The number of ether oxygens (including phenoxy) is 1. The Hall–Kier alpha value is -2.90. The fourth-order valence-corrected chi connectivity index (χ4v) is 2.08. The van der Waals surface area contributed by atoms with Crippen LogP contribution in [-0.4, -0.2) is 36.1 Å². The summed E-state index contributed by atoms with van der Waals surface area (Å²) in [5, 5.41) is 11.2. The molecule has 0 fully saturated rings. The lowest BCUT2D eigenvalue weighted by molar-refractivity contribution is 0.0636. The number of rotatable bonds is 2. The van der Waals surface area contributed by atoms with Gasteiger partial charge in [0, 0.05) is 13.2 Å². The summed E-state index contributed by atoms with van der Waals surface area (Å²) in [4.78, 5) is 16.3. The molecule has 0 radical (unpaired) electrons. The number of hydrogen-bond donors (Lipinski definition) is 1. The zero-order valence-corrected chi connectivity index (χ0v) is 13.4. The summed E-state index contributed by atoms with van der Waals surface area (Å²) in [5.41, 5.74) is 1.52. The summed E-state index contributed by atoms with van der Waals surface area (Å²) < 4.78 is 8.54. The van der Waals surface area contributed by atoms with E-state index in [1.807, 2.05) is 33.9 Å². The lowest BCUT2D eigenvalue weighted by Gasteiger charge is -2.19. The molecule has 120 valence electrons. The van der Waals surface area contributed by atoms with Gasteiger partial charge in [0.05, 0.1) is 11.9 Å². The molecule has 3 heterocycles. The standard InChI is InChI=1S/C15H18N6O2/c1-15(2,3)23-14(22)17-10-5-6-12-18-13(19-21(12)9-10)11-7-8-16-20(11)4/h5-9H,1-4H3,(H,17,22). The van der Waals surface area contributed by atoms with E-state index in [1.54, 1.807) is 33.7 Å². The third kappa shape index (κ3) is 3.31. The van der Waals surface area contributed by atoms with E-state index in [1.165, 1.54) is 0 Å². The fraction of sp³-hybridized carbons (Fsp3) is 0.333. The third-order valence-electron chi connectivity index (χ3n) is 3.03. The molecule has 0 aromatic carbocycles. The van der Waals surface area contributed by atoms with Crippen molar-refractivity contribution < 1.29 is 9.53 Å². The lowest BCUT2D eigenvalue weighted by Crippen LogP contribution is -2.27. The first-order valence-corrected chi connectivity index (χ1v) is 7.17. The van der Waals surface area contributed by atoms with E-state index in [-0.39, 0.29) is 0 Å². The Balaban J connectivity index is 1.85. The van der Waals surface area contributed by atoms with Gasteiger partial charge >= 0.3 is 6.09 Å². The van der Waals surface area contributed by atoms with Crippen molar-refractivity contribution in [2.45, 2.75) is 26.4 Å². The molecule has 3 rings (SSSR count). The molecule has 0 bridgehead atoms. The molecule has 0 saturated carbocycles. The number of anilines is 1. The molecule has 0 atom stereocenters. The van der Waals surface area contributed by atoms with Crippen molar-refractivity contribution in [3.8, 4) is 11.5 Å². The minimum atomic E-state index is -0.547. The number of pyridine rings is 1. The van der Waals surface area contributed by atoms with E-state index in [9.17, 15) is 4.79 Å². The number of aromatic nitrogens is 5. The van der Waals surface area contributed by atoms with Gasteiger partial charge in [-0.05, 0) is 39.0 Å². The first kappa shape index (κ1) is 15.0. The van der Waals surface area contributed by atoms with Crippen LogP contribution in [0.4, 0.5) is 10.5 Å². The average molecular weight is 314 g/mol. The molecule has 0 spiro atoms. The highest BCUT2D eigenvalue weighted by atomic mass is 16.6. The maximum atomic E-state index is 11.8. The Labute approximate surface area is 133 Å². The second-order valence-electron chi connectivity index (χ2n) is 6.12. The minimum Gasteiger partial charge on any atom is -0.444 e. The number of nitrogens with zero attached hydrogens (tertiary/aromatic N) is 5. The van der Waals surface area contributed by atoms with Crippen LogP contribution < -0.4 is 5.32 Å². The summed E-state index contributed by atoms with van der Waals surface area (Å²) in [6, 6.07) is 5.37. The average Bonchev–Trinajstić information content (AvgIpc) is 3.01.